The molecular formula is C34H29Cl2N3O3. The number of carbonyl (C=O) groups is 1. The molecule has 8 heteroatoms. The topological polar surface area (TPSA) is 63.7 Å². The summed E-state index contributed by atoms with van der Waals surface area (Å²) >= 11 is 12.4. The number of pyridine rings is 1. The van der Waals surface area contributed by atoms with E-state index in [1.165, 1.54) is 0 Å². The van der Waals surface area contributed by atoms with Gasteiger partial charge in [0.1, 0.15) is 18.1 Å². The number of amides is 1. The Balaban J connectivity index is 1.42. The van der Waals surface area contributed by atoms with E-state index in [-0.39, 0.29) is 0 Å². The first-order valence-electron chi connectivity index (χ1n) is 13.5. The predicted molar refractivity (Wildman–Crippen MR) is 168 cm³/mol. The highest BCUT2D eigenvalue weighted by Crippen LogP contribution is 2.41. The zero-order chi connectivity index (χ0) is 29.5. The fourth-order valence-corrected chi connectivity index (χ4v) is 5.26. The van der Waals surface area contributed by atoms with Crippen molar-refractivity contribution in [1.29, 1.82) is 0 Å². The maximum atomic E-state index is 13.5. The first kappa shape index (κ1) is 29.1. The Morgan fingerprint density at radius 3 is 2.50 bits per heavy atom. The van der Waals surface area contributed by atoms with E-state index in [0.717, 1.165) is 28.0 Å². The molecule has 0 saturated heterocycles. The second kappa shape index (κ2) is 13.5. The van der Waals surface area contributed by atoms with E-state index in [4.69, 9.17) is 39.1 Å². The molecule has 4 aromatic rings. The maximum Gasteiger partial charge on any atom is 0.416 e. The van der Waals surface area contributed by atoms with Gasteiger partial charge >= 0.3 is 6.09 Å². The molecule has 42 heavy (non-hydrogen) atoms. The molecule has 5 rings (SSSR count). The molecule has 1 amide bonds. The van der Waals surface area contributed by atoms with Crippen LogP contribution in [-0.4, -0.2) is 35.7 Å². The highest BCUT2D eigenvalue weighted by atomic mass is 35.5. The standard InChI is InChI=1S/C34H29Cl2N3O3/c1-3-30-31(32-21-26(36)9-6-23(32)2)16-19-39(34(40)42-29-14-10-25(35)11-15-29)33(30)24-7-12-28(13-8-24)41-20-18-38-27-5-4-17-37-22-27/h1,4-15,17,21-22,33,38H,16,18-20H2,2H3. The van der Waals surface area contributed by atoms with Gasteiger partial charge in [0.2, 0.25) is 0 Å². The summed E-state index contributed by atoms with van der Waals surface area (Å²) in [6, 6.07) is 23.4. The lowest BCUT2D eigenvalue weighted by atomic mass is 9.84. The van der Waals surface area contributed by atoms with Crippen molar-refractivity contribution in [3.8, 4) is 23.8 Å². The van der Waals surface area contributed by atoms with E-state index in [2.05, 4.69) is 16.2 Å². The van der Waals surface area contributed by atoms with Gasteiger partial charge in [-0.25, -0.2) is 4.79 Å². The van der Waals surface area contributed by atoms with Gasteiger partial charge in [0.15, 0.2) is 0 Å². The van der Waals surface area contributed by atoms with Crippen LogP contribution >= 0.6 is 23.2 Å². The number of terminal acetylenes is 1. The van der Waals surface area contributed by atoms with E-state index in [1.807, 2.05) is 61.5 Å². The molecule has 0 fully saturated rings. The Bertz CT molecular complexity index is 1620. The highest BCUT2D eigenvalue weighted by Gasteiger charge is 2.35. The molecular weight excluding hydrogens is 569 g/mol. The smallest absolute Gasteiger partial charge is 0.416 e. The second-order valence-electron chi connectivity index (χ2n) is 9.75. The average molecular weight is 599 g/mol. The maximum absolute atomic E-state index is 13.5. The fourth-order valence-electron chi connectivity index (χ4n) is 4.97. The van der Waals surface area contributed by atoms with Crippen LogP contribution in [0.3, 0.4) is 0 Å². The molecule has 3 aromatic carbocycles. The van der Waals surface area contributed by atoms with Crippen molar-refractivity contribution in [1.82, 2.24) is 9.88 Å². The Morgan fingerprint density at radius 2 is 1.79 bits per heavy atom. The van der Waals surface area contributed by atoms with Crippen molar-refractivity contribution < 1.29 is 14.3 Å². The number of aromatic nitrogens is 1. The zero-order valence-electron chi connectivity index (χ0n) is 23.0. The van der Waals surface area contributed by atoms with E-state index in [9.17, 15) is 4.79 Å². The molecule has 0 spiro atoms. The van der Waals surface area contributed by atoms with Gasteiger partial charge in [-0.2, -0.15) is 0 Å². The molecule has 0 saturated carbocycles. The number of hydrogen-bond donors (Lipinski definition) is 1. The molecule has 1 aliphatic rings. The van der Waals surface area contributed by atoms with Crippen LogP contribution in [0.1, 0.15) is 29.2 Å². The first-order chi connectivity index (χ1) is 20.4. The Morgan fingerprint density at radius 1 is 1.05 bits per heavy atom. The van der Waals surface area contributed by atoms with Gasteiger partial charge < -0.3 is 14.8 Å². The van der Waals surface area contributed by atoms with Crippen molar-refractivity contribution in [3.63, 3.8) is 0 Å². The van der Waals surface area contributed by atoms with Crippen LogP contribution in [0.4, 0.5) is 10.5 Å². The minimum Gasteiger partial charge on any atom is -0.492 e. The van der Waals surface area contributed by atoms with E-state index in [1.54, 1.807) is 41.6 Å². The lowest BCUT2D eigenvalue weighted by Gasteiger charge is -2.37. The van der Waals surface area contributed by atoms with Gasteiger partial charge in [-0.05, 0) is 96.3 Å². The minimum absolute atomic E-state index is 0.398. The number of ether oxygens (including phenoxy) is 2. The number of nitrogens with one attached hydrogen (secondary N) is 1. The predicted octanol–water partition coefficient (Wildman–Crippen LogP) is 8.22. The van der Waals surface area contributed by atoms with Gasteiger partial charge in [-0.15, -0.1) is 6.42 Å². The molecule has 1 aromatic heterocycles. The van der Waals surface area contributed by atoms with Gasteiger partial charge in [0, 0.05) is 41.1 Å². The molecule has 0 bridgehead atoms. The molecule has 0 aliphatic carbocycles. The van der Waals surface area contributed by atoms with Crippen LogP contribution in [0.2, 0.25) is 10.0 Å². The summed E-state index contributed by atoms with van der Waals surface area (Å²) in [4.78, 5) is 19.3. The molecule has 1 N–H and O–H groups in total. The average Bonchev–Trinajstić information content (AvgIpc) is 3.01. The normalized spacial score (nSPS) is 14.7. The molecule has 212 valence electrons. The van der Waals surface area contributed by atoms with Crippen molar-refractivity contribution >= 4 is 40.6 Å². The number of anilines is 1. The van der Waals surface area contributed by atoms with Gasteiger partial charge in [0.25, 0.3) is 0 Å². The van der Waals surface area contributed by atoms with Crippen molar-refractivity contribution in [2.45, 2.75) is 19.4 Å². The third kappa shape index (κ3) is 6.88. The van der Waals surface area contributed by atoms with Crippen LogP contribution in [0.5, 0.6) is 11.5 Å². The summed E-state index contributed by atoms with van der Waals surface area (Å²) in [6.07, 6.45) is 9.71. The number of aryl methyl sites for hydroxylation is 1. The van der Waals surface area contributed by atoms with Crippen LogP contribution in [0.25, 0.3) is 5.57 Å². The van der Waals surface area contributed by atoms with E-state index >= 15 is 0 Å². The Labute approximate surface area is 255 Å². The summed E-state index contributed by atoms with van der Waals surface area (Å²) in [6.45, 7) is 3.51. The summed E-state index contributed by atoms with van der Waals surface area (Å²) in [7, 11) is 0. The fraction of sp³-hybridized carbons (Fsp3) is 0.176. The first-order valence-corrected chi connectivity index (χ1v) is 14.3. The summed E-state index contributed by atoms with van der Waals surface area (Å²) < 4.78 is 11.7. The van der Waals surface area contributed by atoms with Crippen LogP contribution < -0.4 is 14.8 Å². The Kier molecular flexibility index (Phi) is 9.33. The number of benzene rings is 3. The largest absolute Gasteiger partial charge is 0.492 e. The molecule has 0 radical (unpaired) electrons. The number of hydrogen-bond acceptors (Lipinski definition) is 5. The molecule has 1 unspecified atom stereocenters. The summed E-state index contributed by atoms with van der Waals surface area (Å²) in [5.41, 5.74) is 5.48. The third-order valence-corrected chi connectivity index (χ3v) is 7.49. The molecule has 2 heterocycles. The number of halogens is 2. The molecule has 1 atom stereocenters. The lowest BCUT2D eigenvalue weighted by Crippen LogP contribution is -2.41. The Hall–Kier alpha value is -4.44. The highest BCUT2D eigenvalue weighted by molar-refractivity contribution is 6.31. The third-order valence-electron chi connectivity index (χ3n) is 7.00. The quantitative estimate of drug-likeness (QED) is 0.164. The van der Waals surface area contributed by atoms with E-state index in [0.29, 0.717) is 53.2 Å². The van der Waals surface area contributed by atoms with Gasteiger partial charge in [-0.1, -0.05) is 47.3 Å². The summed E-state index contributed by atoms with van der Waals surface area (Å²) in [5, 5.41) is 4.45. The minimum atomic E-state index is -0.543. The number of nitrogens with zero attached hydrogens (tertiary/aromatic N) is 2. The van der Waals surface area contributed by atoms with Crippen molar-refractivity contribution in [2.75, 3.05) is 25.0 Å². The number of carbonyl (C=O) groups excluding carboxylic acids is 1. The van der Waals surface area contributed by atoms with Crippen LogP contribution in [-0.2, 0) is 0 Å². The molecule has 6 nitrogen and oxygen atoms in total. The van der Waals surface area contributed by atoms with Gasteiger partial charge in [0.05, 0.1) is 11.7 Å². The van der Waals surface area contributed by atoms with Gasteiger partial charge in [-0.3, -0.25) is 9.88 Å². The zero-order valence-corrected chi connectivity index (χ0v) is 24.5. The SMILES string of the molecule is C#CC1=C(c2cc(Cl)ccc2C)CCN(C(=O)Oc2ccc(Cl)cc2)C1c1ccc(OCCNc2cccnc2)cc1. The van der Waals surface area contributed by atoms with Crippen LogP contribution in [0, 0.1) is 19.3 Å². The summed E-state index contributed by atoms with van der Waals surface area (Å²) in [5.74, 6) is 4.00. The van der Waals surface area contributed by atoms with Crippen LogP contribution in [0.15, 0.2) is 96.8 Å². The molecule has 1 aliphatic heterocycles. The number of rotatable bonds is 8. The monoisotopic (exact) mass is 597 g/mol. The lowest BCUT2D eigenvalue weighted by molar-refractivity contribution is 0.138. The second-order valence-corrected chi connectivity index (χ2v) is 10.6. The van der Waals surface area contributed by atoms with Crippen molar-refractivity contribution in [2.24, 2.45) is 0 Å². The van der Waals surface area contributed by atoms with E-state index < -0.39 is 12.1 Å². The van der Waals surface area contributed by atoms with Crippen molar-refractivity contribution in [3.05, 3.63) is 124 Å².